The number of amides is 1. The maximum atomic E-state index is 12.2. The molecule has 134 valence electrons. The minimum Gasteiger partial charge on any atom is -0.497 e. The highest BCUT2D eigenvalue weighted by Crippen LogP contribution is 2.14. The van der Waals surface area contributed by atoms with Gasteiger partial charge >= 0.3 is 0 Å². The average molecular weight is 341 g/mol. The standard InChI is InChI=1S/C20H27N3O2/c1-15(2)7-9-23-20(24)17-12-18(14-21-13-17)22-10-8-16-5-4-6-19(11-16)25-3/h4-6,11-15,22H,7-10H2,1-3H3,(H,23,24). The molecule has 0 bridgehead atoms. The van der Waals surface area contributed by atoms with Crippen LogP contribution in [0.25, 0.3) is 0 Å². The number of pyridine rings is 1. The van der Waals surface area contributed by atoms with E-state index in [4.69, 9.17) is 4.74 Å². The molecule has 0 fully saturated rings. The van der Waals surface area contributed by atoms with Crippen molar-refractivity contribution in [2.75, 3.05) is 25.5 Å². The summed E-state index contributed by atoms with van der Waals surface area (Å²) in [4.78, 5) is 16.3. The molecule has 0 atom stereocenters. The summed E-state index contributed by atoms with van der Waals surface area (Å²) in [6.07, 6.45) is 5.16. The number of methoxy groups -OCH3 is 1. The number of anilines is 1. The SMILES string of the molecule is COc1cccc(CCNc2cncc(C(=O)NCCC(C)C)c2)c1. The zero-order valence-corrected chi connectivity index (χ0v) is 15.2. The average Bonchev–Trinajstić information content (AvgIpc) is 2.62. The number of rotatable bonds is 9. The molecule has 0 aliphatic rings. The lowest BCUT2D eigenvalue weighted by molar-refractivity contribution is 0.0951. The first-order valence-corrected chi connectivity index (χ1v) is 8.68. The van der Waals surface area contributed by atoms with Gasteiger partial charge in [0.1, 0.15) is 5.75 Å². The Balaban J connectivity index is 1.85. The molecule has 1 heterocycles. The van der Waals surface area contributed by atoms with Crippen LogP contribution in [0, 0.1) is 5.92 Å². The largest absolute Gasteiger partial charge is 0.497 e. The van der Waals surface area contributed by atoms with Crippen LogP contribution < -0.4 is 15.4 Å². The fourth-order valence-electron chi connectivity index (χ4n) is 2.42. The molecule has 0 saturated heterocycles. The third-order valence-electron chi connectivity index (χ3n) is 3.88. The van der Waals surface area contributed by atoms with E-state index in [0.29, 0.717) is 18.0 Å². The van der Waals surface area contributed by atoms with Crippen LogP contribution in [-0.4, -0.2) is 31.1 Å². The first kappa shape index (κ1) is 18.8. The van der Waals surface area contributed by atoms with Gasteiger partial charge in [0.15, 0.2) is 0 Å². The summed E-state index contributed by atoms with van der Waals surface area (Å²) in [5.74, 6) is 1.35. The highest BCUT2D eigenvalue weighted by molar-refractivity contribution is 5.94. The Morgan fingerprint density at radius 3 is 2.80 bits per heavy atom. The Kier molecular flexibility index (Phi) is 7.26. The van der Waals surface area contributed by atoms with Gasteiger partial charge in [-0.15, -0.1) is 0 Å². The number of carbonyl (C=O) groups is 1. The molecular weight excluding hydrogens is 314 g/mol. The van der Waals surface area contributed by atoms with Gasteiger partial charge in [-0.25, -0.2) is 0 Å². The van der Waals surface area contributed by atoms with Crippen LogP contribution in [0.15, 0.2) is 42.7 Å². The lowest BCUT2D eigenvalue weighted by Gasteiger charge is -2.10. The molecule has 0 aliphatic carbocycles. The second-order valence-electron chi connectivity index (χ2n) is 6.43. The van der Waals surface area contributed by atoms with Crippen molar-refractivity contribution in [3.8, 4) is 5.75 Å². The van der Waals surface area contributed by atoms with Gasteiger partial charge < -0.3 is 15.4 Å². The van der Waals surface area contributed by atoms with Gasteiger partial charge in [0.2, 0.25) is 0 Å². The highest BCUT2D eigenvalue weighted by atomic mass is 16.5. The molecule has 0 spiro atoms. The van der Waals surface area contributed by atoms with Gasteiger partial charge in [0.05, 0.1) is 18.4 Å². The second-order valence-corrected chi connectivity index (χ2v) is 6.43. The van der Waals surface area contributed by atoms with Gasteiger partial charge in [-0.1, -0.05) is 26.0 Å². The van der Waals surface area contributed by atoms with Crippen LogP contribution in [-0.2, 0) is 6.42 Å². The van der Waals surface area contributed by atoms with Crippen LogP contribution in [0.2, 0.25) is 0 Å². The van der Waals surface area contributed by atoms with E-state index in [1.165, 1.54) is 5.56 Å². The van der Waals surface area contributed by atoms with E-state index in [-0.39, 0.29) is 5.91 Å². The van der Waals surface area contributed by atoms with Crippen molar-refractivity contribution in [3.63, 3.8) is 0 Å². The van der Waals surface area contributed by atoms with Crippen LogP contribution in [0.4, 0.5) is 5.69 Å². The fourth-order valence-corrected chi connectivity index (χ4v) is 2.42. The van der Waals surface area contributed by atoms with Crippen molar-refractivity contribution in [1.29, 1.82) is 0 Å². The smallest absolute Gasteiger partial charge is 0.252 e. The van der Waals surface area contributed by atoms with E-state index >= 15 is 0 Å². The number of ether oxygens (including phenoxy) is 1. The molecule has 0 aliphatic heterocycles. The number of hydrogen-bond acceptors (Lipinski definition) is 4. The van der Waals surface area contributed by atoms with Crippen molar-refractivity contribution in [3.05, 3.63) is 53.9 Å². The Labute approximate surface area is 149 Å². The summed E-state index contributed by atoms with van der Waals surface area (Å²) in [7, 11) is 1.67. The van der Waals surface area contributed by atoms with Gasteiger partial charge in [-0.2, -0.15) is 0 Å². The van der Waals surface area contributed by atoms with Crippen LogP contribution in [0.3, 0.4) is 0 Å². The van der Waals surface area contributed by atoms with Crippen molar-refractivity contribution in [2.24, 2.45) is 5.92 Å². The molecule has 1 amide bonds. The van der Waals surface area contributed by atoms with Gasteiger partial charge in [0.25, 0.3) is 5.91 Å². The molecule has 0 unspecified atom stereocenters. The molecular formula is C20H27N3O2. The van der Waals surface area contributed by atoms with Crippen molar-refractivity contribution in [2.45, 2.75) is 26.7 Å². The Hall–Kier alpha value is -2.56. The first-order chi connectivity index (χ1) is 12.1. The summed E-state index contributed by atoms with van der Waals surface area (Å²) in [6, 6.07) is 9.85. The number of carbonyl (C=O) groups excluding carboxylic acids is 1. The molecule has 0 radical (unpaired) electrons. The molecule has 2 N–H and O–H groups in total. The van der Waals surface area contributed by atoms with Crippen molar-refractivity contribution >= 4 is 11.6 Å². The molecule has 1 aromatic heterocycles. The van der Waals surface area contributed by atoms with Crippen LogP contribution in [0.5, 0.6) is 5.75 Å². The van der Waals surface area contributed by atoms with Crippen LogP contribution >= 0.6 is 0 Å². The predicted molar refractivity (Wildman–Crippen MR) is 101 cm³/mol. The quantitative estimate of drug-likeness (QED) is 0.732. The summed E-state index contributed by atoms with van der Waals surface area (Å²) in [6.45, 7) is 5.72. The third kappa shape index (κ3) is 6.45. The van der Waals surface area contributed by atoms with E-state index in [2.05, 4.69) is 35.5 Å². The maximum absolute atomic E-state index is 12.2. The topological polar surface area (TPSA) is 63.2 Å². The van der Waals surface area contributed by atoms with E-state index < -0.39 is 0 Å². The number of aromatic nitrogens is 1. The molecule has 5 nitrogen and oxygen atoms in total. The minimum absolute atomic E-state index is 0.0791. The molecule has 0 saturated carbocycles. The van der Waals surface area contributed by atoms with Gasteiger partial charge in [0, 0.05) is 25.5 Å². The number of nitrogens with one attached hydrogen (secondary N) is 2. The monoisotopic (exact) mass is 341 g/mol. The lowest BCUT2D eigenvalue weighted by atomic mass is 10.1. The van der Waals surface area contributed by atoms with Crippen molar-refractivity contribution in [1.82, 2.24) is 10.3 Å². The fraction of sp³-hybridized carbons (Fsp3) is 0.400. The highest BCUT2D eigenvalue weighted by Gasteiger charge is 2.07. The Bertz CT molecular complexity index is 686. The summed E-state index contributed by atoms with van der Waals surface area (Å²) in [5, 5.41) is 6.25. The Morgan fingerprint density at radius 2 is 2.04 bits per heavy atom. The molecule has 5 heteroatoms. The number of nitrogens with zero attached hydrogens (tertiary/aromatic N) is 1. The zero-order chi connectivity index (χ0) is 18.1. The Morgan fingerprint density at radius 1 is 1.20 bits per heavy atom. The van der Waals surface area contributed by atoms with E-state index in [1.807, 2.05) is 24.3 Å². The van der Waals surface area contributed by atoms with Gasteiger partial charge in [-0.3, -0.25) is 9.78 Å². The molecule has 25 heavy (non-hydrogen) atoms. The maximum Gasteiger partial charge on any atom is 0.252 e. The third-order valence-corrected chi connectivity index (χ3v) is 3.88. The van der Waals surface area contributed by atoms with Crippen LogP contribution in [0.1, 0.15) is 36.2 Å². The van der Waals surface area contributed by atoms with E-state index in [1.54, 1.807) is 19.5 Å². The zero-order valence-electron chi connectivity index (χ0n) is 15.2. The molecule has 2 rings (SSSR count). The predicted octanol–water partition coefficient (Wildman–Crippen LogP) is 3.52. The van der Waals surface area contributed by atoms with E-state index in [9.17, 15) is 4.79 Å². The normalized spacial score (nSPS) is 10.6. The van der Waals surface area contributed by atoms with Crippen molar-refractivity contribution < 1.29 is 9.53 Å². The lowest BCUT2D eigenvalue weighted by Crippen LogP contribution is -2.25. The number of hydrogen-bond donors (Lipinski definition) is 2. The first-order valence-electron chi connectivity index (χ1n) is 8.68. The number of benzene rings is 1. The van der Waals surface area contributed by atoms with Gasteiger partial charge in [-0.05, 0) is 42.5 Å². The summed E-state index contributed by atoms with van der Waals surface area (Å²) < 4.78 is 5.23. The summed E-state index contributed by atoms with van der Waals surface area (Å²) >= 11 is 0. The molecule has 1 aromatic carbocycles. The minimum atomic E-state index is -0.0791. The van der Waals surface area contributed by atoms with E-state index in [0.717, 1.165) is 30.8 Å². The second kappa shape index (κ2) is 9.67. The summed E-state index contributed by atoms with van der Waals surface area (Å²) in [5.41, 5.74) is 2.62. The molecule has 2 aromatic rings.